The molecule has 0 bridgehead atoms. The fourth-order valence-electron chi connectivity index (χ4n) is 2.14. The zero-order chi connectivity index (χ0) is 12.1. The third kappa shape index (κ3) is 3.68. The summed E-state index contributed by atoms with van der Waals surface area (Å²) in [5.41, 5.74) is 0.968. The first-order valence-electron chi connectivity index (χ1n) is 6.06. The third-order valence-electron chi connectivity index (χ3n) is 3.08. The van der Waals surface area contributed by atoms with Gasteiger partial charge in [-0.3, -0.25) is 0 Å². The molecular weight excluding hydrogens is 232 g/mol. The van der Waals surface area contributed by atoms with Gasteiger partial charge in [0.2, 0.25) is 0 Å². The number of aliphatic hydroxyl groups excluding tert-OH is 1. The van der Waals surface area contributed by atoms with Crippen molar-refractivity contribution in [3.8, 4) is 0 Å². The molecule has 4 heteroatoms. The molecule has 0 saturated heterocycles. The second-order valence-corrected chi connectivity index (χ2v) is 4.83. The van der Waals surface area contributed by atoms with Gasteiger partial charge in [0.15, 0.2) is 5.11 Å². The Hall–Kier alpha value is -1.13. The van der Waals surface area contributed by atoms with Gasteiger partial charge in [-0.25, -0.2) is 0 Å². The average molecular weight is 250 g/mol. The minimum atomic E-state index is -0.278. The zero-order valence-electron chi connectivity index (χ0n) is 9.73. The summed E-state index contributed by atoms with van der Waals surface area (Å²) in [5, 5.41) is 16.7. The molecule has 92 valence electrons. The highest BCUT2D eigenvalue weighted by molar-refractivity contribution is 7.80. The first-order valence-corrected chi connectivity index (χ1v) is 6.47. The van der Waals surface area contributed by atoms with Crippen molar-refractivity contribution < 1.29 is 5.11 Å². The normalized spacial score (nSPS) is 24.1. The minimum Gasteiger partial charge on any atom is -0.391 e. The van der Waals surface area contributed by atoms with Crippen LogP contribution in [0.3, 0.4) is 0 Å². The van der Waals surface area contributed by atoms with Crippen LogP contribution in [-0.2, 0) is 0 Å². The number of nitrogens with one attached hydrogen (secondary N) is 2. The fourth-order valence-corrected chi connectivity index (χ4v) is 2.41. The van der Waals surface area contributed by atoms with Crippen LogP contribution >= 0.6 is 12.2 Å². The van der Waals surface area contributed by atoms with Crippen LogP contribution in [0, 0.1) is 0 Å². The Morgan fingerprint density at radius 3 is 2.59 bits per heavy atom. The number of para-hydroxylation sites is 1. The van der Waals surface area contributed by atoms with Crippen molar-refractivity contribution in [3.63, 3.8) is 0 Å². The number of benzene rings is 1. The number of anilines is 1. The highest BCUT2D eigenvalue weighted by Crippen LogP contribution is 2.18. The van der Waals surface area contributed by atoms with Crippen molar-refractivity contribution in [2.75, 3.05) is 5.32 Å². The summed E-state index contributed by atoms with van der Waals surface area (Å²) in [7, 11) is 0. The molecule has 0 amide bonds. The molecule has 2 rings (SSSR count). The SMILES string of the molecule is OC1CCCCC1NC(=S)Nc1ccccc1. The van der Waals surface area contributed by atoms with Gasteiger partial charge in [-0.05, 0) is 37.2 Å². The van der Waals surface area contributed by atoms with Crippen LogP contribution in [-0.4, -0.2) is 22.4 Å². The Morgan fingerprint density at radius 1 is 1.18 bits per heavy atom. The summed E-state index contributed by atoms with van der Waals surface area (Å²) in [6.07, 6.45) is 3.84. The number of hydrogen-bond donors (Lipinski definition) is 3. The van der Waals surface area contributed by atoms with Crippen LogP contribution < -0.4 is 10.6 Å². The van der Waals surface area contributed by atoms with Gasteiger partial charge in [0.25, 0.3) is 0 Å². The molecule has 1 saturated carbocycles. The van der Waals surface area contributed by atoms with Crippen LogP contribution in [0.4, 0.5) is 5.69 Å². The van der Waals surface area contributed by atoms with Gasteiger partial charge < -0.3 is 15.7 Å². The lowest BCUT2D eigenvalue weighted by Crippen LogP contribution is -2.46. The van der Waals surface area contributed by atoms with Crippen molar-refractivity contribution in [3.05, 3.63) is 30.3 Å². The first-order chi connectivity index (χ1) is 8.25. The van der Waals surface area contributed by atoms with E-state index in [9.17, 15) is 5.11 Å². The van der Waals surface area contributed by atoms with E-state index in [1.165, 1.54) is 0 Å². The maximum atomic E-state index is 9.83. The monoisotopic (exact) mass is 250 g/mol. The smallest absolute Gasteiger partial charge is 0.171 e. The molecule has 1 aliphatic rings. The van der Waals surface area contributed by atoms with Crippen LogP contribution in [0.2, 0.25) is 0 Å². The van der Waals surface area contributed by atoms with E-state index in [2.05, 4.69) is 10.6 Å². The molecule has 2 unspecified atom stereocenters. The Morgan fingerprint density at radius 2 is 1.88 bits per heavy atom. The molecule has 17 heavy (non-hydrogen) atoms. The molecule has 0 heterocycles. The van der Waals surface area contributed by atoms with Crippen LogP contribution in [0.15, 0.2) is 30.3 Å². The van der Waals surface area contributed by atoms with E-state index in [1.807, 2.05) is 30.3 Å². The van der Waals surface area contributed by atoms with Gasteiger partial charge in [0, 0.05) is 5.69 Å². The van der Waals surface area contributed by atoms with E-state index in [1.54, 1.807) is 0 Å². The second kappa shape index (κ2) is 5.98. The summed E-state index contributed by atoms with van der Waals surface area (Å²) >= 11 is 5.24. The van der Waals surface area contributed by atoms with Crippen LogP contribution in [0.25, 0.3) is 0 Å². The molecule has 3 nitrogen and oxygen atoms in total. The van der Waals surface area contributed by atoms with Crippen molar-refractivity contribution in [2.24, 2.45) is 0 Å². The quantitative estimate of drug-likeness (QED) is 0.705. The van der Waals surface area contributed by atoms with Crippen LogP contribution in [0.1, 0.15) is 25.7 Å². The predicted octanol–water partition coefficient (Wildman–Crippen LogP) is 2.28. The van der Waals surface area contributed by atoms with E-state index in [4.69, 9.17) is 12.2 Å². The number of hydrogen-bond acceptors (Lipinski definition) is 2. The summed E-state index contributed by atoms with van der Waals surface area (Å²) in [5.74, 6) is 0. The summed E-state index contributed by atoms with van der Waals surface area (Å²) in [6.45, 7) is 0. The maximum Gasteiger partial charge on any atom is 0.171 e. The van der Waals surface area contributed by atoms with Crippen molar-refractivity contribution in [1.82, 2.24) is 5.32 Å². The lowest BCUT2D eigenvalue weighted by molar-refractivity contribution is 0.100. The minimum absolute atomic E-state index is 0.0902. The molecule has 0 radical (unpaired) electrons. The zero-order valence-corrected chi connectivity index (χ0v) is 10.5. The van der Waals surface area contributed by atoms with Gasteiger partial charge in [-0.15, -0.1) is 0 Å². The Balaban J connectivity index is 1.84. The lowest BCUT2D eigenvalue weighted by atomic mass is 9.93. The van der Waals surface area contributed by atoms with Gasteiger partial charge >= 0.3 is 0 Å². The highest BCUT2D eigenvalue weighted by Gasteiger charge is 2.23. The van der Waals surface area contributed by atoms with E-state index in [0.29, 0.717) is 5.11 Å². The predicted molar refractivity (Wildman–Crippen MR) is 74.1 cm³/mol. The molecule has 0 aliphatic heterocycles. The van der Waals surface area contributed by atoms with Gasteiger partial charge in [-0.1, -0.05) is 31.0 Å². The van der Waals surface area contributed by atoms with E-state index in [0.717, 1.165) is 31.4 Å². The van der Waals surface area contributed by atoms with Crippen LogP contribution in [0.5, 0.6) is 0 Å². The Labute approximate surface area is 107 Å². The number of thiocarbonyl (C=S) groups is 1. The third-order valence-corrected chi connectivity index (χ3v) is 3.30. The molecule has 0 aromatic heterocycles. The largest absolute Gasteiger partial charge is 0.391 e. The summed E-state index contributed by atoms with van der Waals surface area (Å²) in [6, 6.07) is 9.90. The molecule has 3 N–H and O–H groups in total. The lowest BCUT2D eigenvalue weighted by Gasteiger charge is -2.29. The van der Waals surface area contributed by atoms with E-state index in [-0.39, 0.29) is 12.1 Å². The molecule has 1 fully saturated rings. The maximum absolute atomic E-state index is 9.83. The molecule has 0 spiro atoms. The van der Waals surface area contributed by atoms with Crippen molar-refractivity contribution in [2.45, 2.75) is 37.8 Å². The summed E-state index contributed by atoms with van der Waals surface area (Å²) in [4.78, 5) is 0. The van der Waals surface area contributed by atoms with Gasteiger partial charge in [-0.2, -0.15) is 0 Å². The molecule has 1 aliphatic carbocycles. The molecule has 1 aromatic rings. The molecular formula is C13H18N2OS. The average Bonchev–Trinajstić information content (AvgIpc) is 2.33. The summed E-state index contributed by atoms with van der Waals surface area (Å²) < 4.78 is 0. The van der Waals surface area contributed by atoms with Crippen molar-refractivity contribution >= 4 is 23.0 Å². The topological polar surface area (TPSA) is 44.3 Å². The number of aliphatic hydroxyl groups is 1. The number of rotatable bonds is 2. The van der Waals surface area contributed by atoms with E-state index < -0.39 is 0 Å². The molecule has 1 aromatic carbocycles. The van der Waals surface area contributed by atoms with Crippen molar-refractivity contribution in [1.29, 1.82) is 0 Å². The highest BCUT2D eigenvalue weighted by atomic mass is 32.1. The van der Waals surface area contributed by atoms with E-state index >= 15 is 0 Å². The first kappa shape index (κ1) is 12.3. The van der Waals surface area contributed by atoms with Gasteiger partial charge in [0.05, 0.1) is 12.1 Å². The second-order valence-electron chi connectivity index (χ2n) is 4.42. The molecule has 2 atom stereocenters. The standard InChI is InChI=1S/C13H18N2OS/c16-12-9-5-4-8-11(12)15-13(17)14-10-6-2-1-3-7-10/h1-3,6-7,11-12,16H,4-5,8-9H2,(H2,14,15,17). The Bertz CT molecular complexity index is 369. The van der Waals surface area contributed by atoms with Gasteiger partial charge in [0.1, 0.15) is 0 Å². The Kier molecular flexibility index (Phi) is 4.34. The fraction of sp³-hybridized carbons (Fsp3) is 0.462.